The van der Waals surface area contributed by atoms with Gasteiger partial charge in [-0.25, -0.2) is 0 Å². The molecule has 1 saturated heterocycles. The maximum atomic E-state index is 11.5. The summed E-state index contributed by atoms with van der Waals surface area (Å²) in [5, 5.41) is 1.13. The summed E-state index contributed by atoms with van der Waals surface area (Å²) in [6, 6.07) is 9.82. The Morgan fingerprint density at radius 2 is 1.94 bits per heavy atom. The molecule has 3 rings (SSSR count). The normalized spacial score (nSPS) is 18.3. The summed E-state index contributed by atoms with van der Waals surface area (Å²) in [6.07, 6.45) is 2.35. The van der Waals surface area contributed by atoms with Crippen molar-refractivity contribution in [3.63, 3.8) is 0 Å². The maximum Gasteiger partial charge on any atom is 0.248 e. The van der Waals surface area contributed by atoms with Crippen LogP contribution >= 0.6 is 0 Å². The van der Waals surface area contributed by atoms with Gasteiger partial charge < -0.3 is 9.88 Å². The van der Waals surface area contributed by atoms with Crippen LogP contribution in [0.25, 0.3) is 10.9 Å². The topological polar surface area (TPSA) is 36.1 Å². The number of pyridine rings is 1. The van der Waals surface area contributed by atoms with Crippen molar-refractivity contribution in [2.75, 3.05) is 20.1 Å². The number of benzene rings is 1. The molecule has 0 radical (unpaired) electrons. The Balaban J connectivity index is 2.06. The second-order valence-electron chi connectivity index (χ2n) is 5.21. The largest absolute Gasteiger partial charge is 0.322 e. The minimum Gasteiger partial charge on any atom is -0.322 e. The lowest BCUT2D eigenvalue weighted by Gasteiger charge is -2.29. The van der Waals surface area contributed by atoms with Gasteiger partial charge in [-0.05, 0) is 55.9 Å². The van der Waals surface area contributed by atoms with E-state index in [0.717, 1.165) is 24.0 Å². The van der Waals surface area contributed by atoms with Gasteiger partial charge in [0, 0.05) is 6.07 Å². The summed E-state index contributed by atoms with van der Waals surface area (Å²) in [5.74, 6) is 0.572. The van der Waals surface area contributed by atoms with Crippen molar-refractivity contribution in [2.24, 2.45) is 0 Å². The first-order chi connectivity index (χ1) is 8.74. The molecule has 1 fully saturated rings. The van der Waals surface area contributed by atoms with Gasteiger partial charge in [-0.3, -0.25) is 4.79 Å². The second kappa shape index (κ2) is 4.58. The van der Waals surface area contributed by atoms with Crippen LogP contribution < -0.4 is 5.56 Å². The van der Waals surface area contributed by atoms with Crippen LogP contribution in [0.15, 0.2) is 35.1 Å². The Morgan fingerprint density at radius 3 is 2.72 bits per heavy atom. The third-order valence-corrected chi connectivity index (χ3v) is 3.95. The van der Waals surface area contributed by atoms with Crippen LogP contribution in [-0.2, 0) is 0 Å². The van der Waals surface area contributed by atoms with E-state index in [1.165, 1.54) is 18.4 Å². The maximum absolute atomic E-state index is 11.5. The number of aromatic nitrogens is 1. The molecular formula is C15H18N2O. The zero-order valence-electron chi connectivity index (χ0n) is 10.6. The monoisotopic (exact) mass is 242 g/mol. The van der Waals surface area contributed by atoms with Crippen LogP contribution in [0.2, 0.25) is 0 Å². The van der Waals surface area contributed by atoms with Crippen molar-refractivity contribution < 1.29 is 0 Å². The fraction of sp³-hybridized carbons (Fsp3) is 0.400. The fourth-order valence-electron chi connectivity index (χ4n) is 2.86. The number of fused-ring (bicyclic) bond motifs is 1. The number of aromatic amines is 1. The molecular weight excluding hydrogens is 224 g/mol. The molecule has 1 N–H and O–H groups in total. The average molecular weight is 242 g/mol. The molecule has 18 heavy (non-hydrogen) atoms. The molecule has 2 heterocycles. The summed E-state index contributed by atoms with van der Waals surface area (Å²) in [5.41, 5.74) is 2.32. The van der Waals surface area contributed by atoms with E-state index in [2.05, 4.69) is 35.1 Å². The molecule has 1 aliphatic rings. The Morgan fingerprint density at radius 1 is 1.17 bits per heavy atom. The number of H-pyrrole nitrogens is 1. The first kappa shape index (κ1) is 11.5. The zero-order chi connectivity index (χ0) is 12.5. The molecule has 1 aromatic heterocycles. The van der Waals surface area contributed by atoms with Crippen LogP contribution in [0.1, 0.15) is 24.3 Å². The highest BCUT2D eigenvalue weighted by Gasteiger charge is 2.20. The van der Waals surface area contributed by atoms with Crippen molar-refractivity contribution in [3.05, 3.63) is 46.2 Å². The highest BCUT2D eigenvalue weighted by molar-refractivity contribution is 5.82. The summed E-state index contributed by atoms with van der Waals surface area (Å²) < 4.78 is 0. The summed E-state index contributed by atoms with van der Waals surface area (Å²) in [6.45, 7) is 2.27. The number of hydrogen-bond donors (Lipinski definition) is 1. The molecule has 0 atom stereocenters. The van der Waals surface area contributed by atoms with Crippen LogP contribution in [-0.4, -0.2) is 30.0 Å². The molecule has 0 amide bonds. The van der Waals surface area contributed by atoms with E-state index in [0.29, 0.717) is 5.92 Å². The first-order valence-corrected chi connectivity index (χ1v) is 6.54. The Kier molecular flexibility index (Phi) is 2.92. The van der Waals surface area contributed by atoms with Crippen molar-refractivity contribution >= 4 is 10.9 Å². The Labute approximate surface area is 106 Å². The van der Waals surface area contributed by atoms with Crippen molar-refractivity contribution in [2.45, 2.75) is 18.8 Å². The smallest absolute Gasteiger partial charge is 0.248 e. The molecule has 0 aliphatic carbocycles. The third kappa shape index (κ3) is 2.06. The van der Waals surface area contributed by atoms with Crippen LogP contribution in [0.4, 0.5) is 0 Å². The zero-order valence-corrected chi connectivity index (χ0v) is 10.6. The Bertz CT molecular complexity index is 609. The van der Waals surface area contributed by atoms with E-state index in [9.17, 15) is 4.79 Å². The number of likely N-dealkylation sites (tertiary alicyclic amines) is 1. The van der Waals surface area contributed by atoms with E-state index in [1.54, 1.807) is 6.07 Å². The van der Waals surface area contributed by atoms with Gasteiger partial charge in [-0.2, -0.15) is 0 Å². The quantitative estimate of drug-likeness (QED) is 0.833. The number of rotatable bonds is 1. The lowest BCUT2D eigenvalue weighted by molar-refractivity contribution is 0.256. The number of para-hydroxylation sites is 1. The fourth-order valence-corrected chi connectivity index (χ4v) is 2.86. The van der Waals surface area contributed by atoms with Gasteiger partial charge in [0.25, 0.3) is 0 Å². The number of piperidine rings is 1. The lowest BCUT2D eigenvalue weighted by atomic mass is 9.88. The van der Waals surface area contributed by atoms with Crippen LogP contribution in [0, 0.1) is 0 Å². The molecule has 3 heteroatoms. The SMILES string of the molecule is CN1CCC(c2cccc3ccc(=O)[nH]c23)CC1. The minimum absolute atomic E-state index is 0.0112. The van der Waals surface area contributed by atoms with Crippen LogP contribution in [0.3, 0.4) is 0 Å². The molecule has 1 aromatic carbocycles. The van der Waals surface area contributed by atoms with Crippen molar-refractivity contribution in [1.29, 1.82) is 0 Å². The van der Waals surface area contributed by atoms with Gasteiger partial charge in [-0.1, -0.05) is 18.2 Å². The number of hydrogen-bond acceptors (Lipinski definition) is 2. The van der Waals surface area contributed by atoms with E-state index >= 15 is 0 Å². The standard InChI is InChI=1S/C15H18N2O/c1-17-9-7-11(8-10-17)13-4-2-3-12-5-6-14(18)16-15(12)13/h2-6,11H,7-10H2,1H3,(H,16,18). The first-order valence-electron chi connectivity index (χ1n) is 6.54. The van der Waals surface area contributed by atoms with Gasteiger partial charge in [0.2, 0.25) is 5.56 Å². The number of nitrogens with one attached hydrogen (secondary N) is 1. The molecule has 2 aromatic rings. The summed E-state index contributed by atoms with van der Waals surface area (Å²) in [7, 11) is 2.17. The third-order valence-electron chi connectivity index (χ3n) is 3.95. The molecule has 0 saturated carbocycles. The molecule has 0 unspecified atom stereocenters. The molecule has 0 bridgehead atoms. The minimum atomic E-state index is -0.0112. The van der Waals surface area contributed by atoms with Gasteiger partial charge in [0.05, 0.1) is 5.52 Å². The summed E-state index contributed by atoms with van der Waals surface area (Å²) in [4.78, 5) is 16.9. The molecule has 94 valence electrons. The molecule has 1 aliphatic heterocycles. The highest BCUT2D eigenvalue weighted by Crippen LogP contribution is 2.31. The van der Waals surface area contributed by atoms with Crippen molar-refractivity contribution in [1.82, 2.24) is 9.88 Å². The van der Waals surface area contributed by atoms with E-state index in [1.807, 2.05) is 6.07 Å². The van der Waals surface area contributed by atoms with Crippen LogP contribution in [0.5, 0.6) is 0 Å². The van der Waals surface area contributed by atoms with Gasteiger partial charge in [-0.15, -0.1) is 0 Å². The molecule has 0 spiro atoms. The van der Waals surface area contributed by atoms with Gasteiger partial charge in [0.1, 0.15) is 0 Å². The lowest BCUT2D eigenvalue weighted by Crippen LogP contribution is -2.29. The Hall–Kier alpha value is -1.61. The predicted molar refractivity (Wildman–Crippen MR) is 74.0 cm³/mol. The van der Waals surface area contributed by atoms with E-state index in [4.69, 9.17) is 0 Å². The predicted octanol–water partition coefficient (Wildman–Crippen LogP) is 2.34. The second-order valence-corrected chi connectivity index (χ2v) is 5.21. The van der Waals surface area contributed by atoms with Crippen molar-refractivity contribution in [3.8, 4) is 0 Å². The van der Waals surface area contributed by atoms with E-state index < -0.39 is 0 Å². The van der Waals surface area contributed by atoms with Gasteiger partial charge in [0.15, 0.2) is 0 Å². The van der Waals surface area contributed by atoms with Gasteiger partial charge >= 0.3 is 0 Å². The highest BCUT2D eigenvalue weighted by atomic mass is 16.1. The van der Waals surface area contributed by atoms with E-state index in [-0.39, 0.29) is 5.56 Å². The molecule has 3 nitrogen and oxygen atoms in total. The summed E-state index contributed by atoms with van der Waals surface area (Å²) >= 11 is 0. The number of nitrogens with zero attached hydrogens (tertiary/aromatic N) is 1. The average Bonchev–Trinajstić information content (AvgIpc) is 2.39.